The van der Waals surface area contributed by atoms with E-state index in [1.54, 1.807) is 29.2 Å². The quantitative estimate of drug-likeness (QED) is 0.518. The van der Waals surface area contributed by atoms with Crippen LogP contribution in [0.15, 0.2) is 42.5 Å². The van der Waals surface area contributed by atoms with Gasteiger partial charge in [-0.05, 0) is 55.2 Å². The number of halogens is 2. The molecule has 0 radical (unpaired) electrons. The number of benzene rings is 2. The number of carbonyl (C=O) groups is 1. The van der Waals surface area contributed by atoms with E-state index < -0.39 is 5.82 Å². The highest BCUT2D eigenvalue weighted by molar-refractivity contribution is 6.30. The van der Waals surface area contributed by atoms with Gasteiger partial charge in [0.05, 0.1) is 0 Å². The first-order valence-corrected chi connectivity index (χ1v) is 11.1. The molecular formula is C25H27ClFNO3. The van der Waals surface area contributed by atoms with E-state index in [1.807, 2.05) is 12.1 Å². The predicted octanol–water partition coefficient (Wildman–Crippen LogP) is 6.70. The van der Waals surface area contributed by atoms with Gasteiger partial charge in [0.25, 0.3) is 0 Å². The van der Waals surface area contributed by atoms with Gasteiger partial charge >= 0.3 is 6.09 Å². The zero-order valence-corrected chi connectivity index (χ0v) is 18.8. The van der Waals surface area contributed by atoms with Crippen LogP contribution < -0.4 is 9.47 Å². The SMILES string of the molecule is CC(C)(C)C1C=C(c2ccc(Cl)cc2F)c2cccc(OC(=O)N3CCCCC3)c2O1. The number of ether oxygens (including phenoxy) is 2. The van der Waals surface area contributed by atoms with Gasteiger partial charge < -0.3 is 14.4 Å². The Labute approximate surface area is 187 Å². The number of nitrogens with zero attached hydrogens (tertiary/aromatic N) is 1. The molecule has 2 aliphatic heterocycles. The molecule has 2 aromatic carbocycles. The standard InChI is InChI=1S/C25H27ClFNO3/c1-25(2,3)22-15-19(17-11-10-16(26)14-20(17)27)18-8-7-9-21(23(18)31-22)30-24(29)28-12-5-4-6-13-28/h7-11,14-15,22H,4-6,12-13H2,1-3H3. The molecule has 4 rings (SSSR count). The summed E-state index contributed by atoms with van der Waals surface area (Å²) in [5.74, 6) is 0.400. The molecule has 1 saturated heterocycles. The molecule has 1 atom stereocenters. The zero-order chi connectivity index (χ0) is 22.2. The van der Waals surface area contributed by atoms with Crippen LogP contribution in [0.2, 0.25) is 5.02 Å². The fourth-order valence-electron chi connectivity index (χ4n) is 3.94. The molecule has 6 heteroatoms. The Bertz CT molecular complexity index is 1020. The lowest BCUT2D eigenvalue weighted by Crippen LogP contribution is -2.38. The van der Waals surface area contributed by atoms with Crippen LogP contribution in [0.4, 0.5) is 9.18 Å². The van der Waals surface area contributed by atoms with Crippen molar-refractivity contribution in [3.05, 3.63) is 64.4 Å². The van der Waals surface area contributed by atoms with Gasteiger partial charge in [0.1, 0.15) is 11.9 Å². The largest absolute Gasteiger partial charge is 0.481 e. The van der Waals surface area contributed by atoms with Crippen molar-refractivity contribution >= 4 is 23.3 Å². The van der Waals surface area contributed by atoms with Crippen LogP contribution in [0.1, 0.15) is 51.2 Å². The highest BCUT2D eigenvalue weighted by Crippen LogP contribution is 2.45. The monoisotopic (exact) mass is 443 g/mol. The maximum absolute atomic E-state index is 14.8. The molecule has 4 nitrogen and oxygen atoms in total. The Morgan fingerprint density at radius 2 is 1.87 bits per heavy atom. The number of piperidine rings is 1. The Kier molecular flexibility index (Phi) is 5.98. The molecule has 0 spiro atoms. The highest BCUT2D eigenvalue weighted by Gasteiger charge is 2.33. The Morgan fingerprint density at radius 1 is 1.13 bits per heavy atom. The molecule has 2 aromatic rings. The minimum Gasteiger partial charge on any atom is -0.481 e. The van der Waals surface area contributed by atoms with Crippen LogP contribution in [-0.2, 0) is 0 Å². The molecule has 0 bridgehead atoms. The second kappa shape index (κ2) is 8.54. The third-order valence-electron chi connectivity index (χ3n) is 5.72. The van der Waals surface area contributed by atoms with E-state index in [2.05, 4.69) is 20.8 Å². The second-order valence-electron chi connectivity index (χ2n) is 9.16. The predicted molar refractivity (Wildman–Crippen MR) is 120 cm³/mol. The second-order valence-corrected chi connectivity index (χ2v) is 9.59. The lowest BCUT2D eigenvalue weighted by atomic mass is 9.83. The Balaban J connectivity index is 1.76. The number of para-hydroxylation sites is 1. The molecule has 2 aliphatic rings. The van der Waals surface area contributed by atoms with Gasteiger partial charge in [-0.2, -0.15) is 0 Å². The fraction of sp³-hybridized carbons (Fsp3) is 0.400. The van der Waals surface area contributed by atoms with Crippen molar-refractivity contribution < 1.29 is 18.7 Å². The molecular weight excluding hydrogens is 417 g/mol. The Hall–Kier alpha value is -2.53. The molecule has 0 N–H and O–H groups in total. The number of hydrogen-bond acceptors (Lipinski definition) is 3. The van der Waals surface area contributed by atoms with Crippen molar-refractivity contribution in [2.24, 2.45) is 5.41 Å². The minimum atomic E-state index is -0.407. The maximum Gasteiger partial charge on any atom is 0.415 e. The molecule has 1 amide bonds. The zero-order valence-electron chi connectivity index (χ0n) is 18.1. The average molecular weight is 444 g/mol. The van der Waals surface area contributed by atoms with Gasteiger partial charge in [-0.1, -0.05) is 44.5 Å². The third kappa shape index (κ3) is 4.57. The van der Waals surface area contributed by atoms with E-state index in [-0.39, 0.29) is 17.6 Å². The van der Waals surface area contributed by atoms with Crippen LogP contribution in [0.5, 0.6) is 11.5 Å². The first kappa shape index (κ1) is 21.7. The number of likely N-dealkylation sites (tertiary alicyclic amines) is 1. The molecule has 0 saturated carbocycles. The lowest BCUT2D eigenvalue weighted by Gasteiger charge is -2.35. The van der Waals surface area contributed by atoms with Gasteiger partial charge in [-0.3, -0.25) is 0 Å². The van der Waals surface area contributed by atoms with Crippen molar-refractivity contribution in [2.45, 2.75) is 46.1 Å². The van der Waals surface area contributed by atoms with E-state index >= 15 is 0 Å². The number of rotatable bonds is 2. The van der Waals surface area contributed by atoms with Crippen molar-refractivity contribution in [1.82, 2.24) is 4.90 Å². The van der Waals surface area contributed by atoms with Crippen LogP contribution in [-0.4, -0.2) is 30.2 Å². The van der Waals surface area contributed by atoms with Crippen molar-refractivity contribution in [1.29, 1.82) is 0 Å². The summed E-state index contributed by atoms with van der Waals surface area (Å²) in [5.41, 5.74) is 1.56. The van der Waals surface area contributed by atoms with Crippen molar-refractivity contribution in [2.75, 3.05) is 13.1 Å². The summed E-state index contributed by atoms with van der Waals surface area (Å²) in [4.78, 5) is 14.5. The van der Waals surface area contributed by atoms with Crippen molar-refractivity contribution in [3.8, 4) is 11.5 Å². The maximum atomic E-state index is 14.8. The summed E-state index contributed by atoms with van der Waals surface area (Å²) in [5, 5.41) is 0.339. The van der Waals surface area contributed by atoms with Crippen LogP contribution in [0.3, 0.4) is 0 Å². The molecule has 0 aromatic heterocycles. The van der Waals surface area contributed by atoms with E-state index in [9.17, 15) is 9.18 Å². The Morgan fingerprint density at radius 3 is 2.55 bits per heavy atom. The third-order valence-corrected chi connectivity index (χ3v) is 5.95. The molecule has 31 heavy (non-hydrogen) atoms. The number of amides is 1. The van der Waals surface area contributed by atoms with Crippen LogP contribution >= 0.6 is 11.6 Å². The summed E-state index contributed by atoms with van der Waals surface area (Å²) in [7, 11) is 0. The van der Waals surface area contributed by atoms with E-state index in [4.69, 9.17) is 21.1 Å². The van der Waals surface area contributed by atoms with Crippen LogP contribution in [0.25, 0.3) is 5.57 Å². The molecule has 0 aliphatic carbocycles. The molecule has 1 unspecified atom stereocenters. The fourth-order valence-corrected chi connectivity index (χ4v) is 4.10. The first-order valence-electron chi connectivity index (χ1n) is 10.7. The van der Waals surface area contributed by atoms with Crippen LogP contribution in [0, 0.1) is 11.2 Å². The average Bonchev–Trinajstić information content (AvgIpc) is 2.73. The summed E-state index contributed by atoms with van der Waals surface area (Å²) in [6, 6.07) is 10.0. The molecule has 2 heterocycles. The summed E-state index contributed by atoms with van der Waals surface area (Å²) in [6.45, 7) is 7.55. The first-order chi connectivity index (χ1) is 14.7. The summed E-state index contributed by atoms with van der Waals surface area (Å²) >= 11 is 5.97. The topological polar surface area (TPSA) is 38.8 Å². The van der Waals surface area contributed by atoms with Gasteiger partial charge in [0, 0.05) is 34.7 Å². The molecule has 1 fully saturated rings. The van der Waals surface area contributed by atoms with Gasteiger partial charge in [-0.25, -0.2) is 9.18 Å². The van der Waals surface area contributed by atoms with Gasteiger partial charge in [0.15, 0.2) is 11.5 Å². The molecule has 164 valence electrons. The van der Waals surface area contributed by atoms with E-state index in [0.29, 0.717) is 46.3 Å². The number of fused-ring (bicyclic) bond motifs is 1. The summed E-state index contributed by atoms with van der Waals surface area (Å²) in [6.07, 6.45) is 4.31. The van der Waals surface area contributed by atoms with E-state index in [1.165, 1.54) is 6.07 Å². The normalized spacial score (nSPS) is 18.7. The highest BCUT2D eigenvalue weighted by atomic mass is 35.5. The van der Waals surface area contributed by atoms with Crippen molar-refractivity contribution in [3.63, 3.8) is 0 Å². The lowest BCUT2D eigenvalue weighted by molar-refractivity contribution is 0.115. The van der Waals surface area contributed by atoms with E-state index in [0.717, 1.165) is 19.3 Å². The summed E-state index contributed by atoms with van der Waals surface area (Å²) < 4.78 is 26.9. The van der Waals surface area contributed by atoms with Gasteiger partial charge in [-0.15, -0.1) is 0 Å². The number of hydrogen-bond donors (Lipinski definition) is 0. The smallest absolute Gasteiger partial charge is 0.415 e. The number of carbonyl (C=O) groups excluding carboxylic acids is 1. The minimum absolute atomic E-state index is 0.254. The van der Waals surface area contributed by atoms with Gasteiger partial charge in [0.2, 0.25) is 0 Å².